The number of aromatic nitrogens is 3. The Balaban J connectivity index is 1.70. The lowest BCUT2D eigenvalue weighted by atomic mass is 10.2. The molecule has 0 radical (unpaired) electrons. The van der Waals surface area contributed by atoms with Crippen LogP contribution in [0.5, 0.6) is 0 Å². The quantitative estimate of drug-likeness (QED) is 0.546. The van der Waals surface area contributed by atoms with Crippen molar-refractivity contribution in [2.45, 2.75) is 0 Å². The van der Waals surface area contributed by atoms with Gasteiger partial charge in [-0.1, -0.05) is 17.7 Å². The van der Waals surface area contributed by atoms with Crippen molar-refractivity contribution in [3.05, 3.63) is 64.4 Å². The molecule has 4 aromatic rings. The number of benzene rings is 1. The van der Waals surface area contributed by atoms with E-state index in [1.807, 2.05) is 17.5 Å². The number of nitrogens with zero attached hydrogens (tertiary/aromatic N) is 2. The topological polar surface area (TPSA) is 70.7 Å². The smallest absolute Gasteiger partial charge is 0.257 e. The van der Waals surface area contributed by atoms with Crippen LogP contribution < -0.4 is 5.32 Å². The SMILES string of the molecule is O=C(Nc1ccc(F)c(Cl)c1)c1ccnc2nc(-c3cccs3)[nH]c12. The van der Waals surface area contributed by atoms with E-state index in [9.17, 15) is 9.18 Å². The van der Waals surface area contributed by atoms with E-state index in [0.717, 1.165) is 4.88 Å². The fourth-order valence-electron chi connectivity index (χ4n) is 2.40. The minimum absolute atomic E-state index is 0.0563. The molecule has 5 nitrogen and oxygen atoms in total. The van der Waals surface area contributed by atoms with Gasteiger partial charge in [-0.15, -0.1) is 11.3 Å². The lowest BCUT2D eigenvalue weighted by Gasteiger charge is -2.06. The zero-order valence-corrected chi connectivity index (χ0v) is 14.2. The van der Waals surface area contributed by atoms with Gasteiger partial charge < -0.3 is 10.3 Å². The fourth-order valence-corrected chi connectivity index (χ4v) is 3.25. The van der Waals surface area contributed by atoms with Crippen LogP contribution in [0.3, 0.4) is 0 Å². The monoisotopic (exact) mass is 372 g/mol. The largest absolute Gasteiger partial charge is 0.335 e. The van der Waals surface area contributed by atoms with Crippen LogP contribution in [-0.2, 0) is 0 Å². The molecule has 0 saturated carbocycles. The van der Waals surface area contributed by atoms with Gasteiger partial charge in [0.1, 0.15) is 5.82 Å². The van der Waals surface area contributed by atoms with E-state index in [4.69, 9.17) is 11.6 Å². The van der Waals surface area contributed by atoms with Gasteiger partial charge in [-0.05, 0) is 35.7 Å². The minimum Gasteiger partial charge on any atom is -0.335 e. The van der Waals surface area contributed by atoms with Gasteiger partial charge in [-0.2, -0.15) is 0 Å². The maximum atomic E-state index is 13.2. The third-order valence-corrected chi connectivity index (χ3v) is 4.73. The summed E-state index contributed by atoms with van der Waals surface area (Å²) in [5.74, 6) is -0.251. The van der Waals surface area contributed by atoms with Gasteiger partial charge in [0.05, 0.1) is 21.0 Å². The molecule has 8 heteroatoms. The Hall–Kier alpha value is -2.77. The molecular weight excluding hydrogens is 363 g/mol. The number of imidazole rings is 1. The molecule has 0 bridgehead atoms. The van der Waals surface area contributed by atoms with Gasteiger partial charge in [0.25, 0.3) is 5.91 Å². The molecular formula is C17H10ClFN4OS. The zero-order valence-electron chi connectivity index (χ0n) is 12.6. The van der Waals surface area contributed by atoms with E-state index < -0.39 is 5.82 Å². The van der Waals surface area contributed by atoms with Crippen molar-refractivity contribution in [3.8, 4) is 10.7 Å². The Kier molecular flexibility index (Phi) is 3.95. The second-order valence-electron chi connectivity index (χ2n) is 5.20. The molecule has 2 N–H and O–H groups in total. The summed E-state index contributed by atoms with van der Waals surface area (Å²) >= 11 is 7.29. The van der Waals surface area contributed by atoms with Crippen LogP contribution in [-0.4, -0.2) is 20.9 Å². The Labute approximate surface area is 150 Å². The molecule has 0 fully saturated rings. The molecule has 124 valence electrons. The van der Waals surface area contributed by atoms with Gasteiger partial charge >= 0.3 is 0 Å². The average molecular weight is 373 g/mol. The van der Waals surface area contributed by atoms with Crippen LogP contribution in [0.4, 0.5) is 10.1 Å². The van der Waals surface area contributed by atoms with Crippen molar-refractivity contribution in [2.75, 3.05) is 5.32 Å². The lowest BCUT2D eigenvalue weighted by molar-refractivity contribution is 0.102. The Morgan fingerprint density at radius 3 is 2.92 bits per heavy atom. The predicted octanol–water partition coefficient (Wildman–Crippen LogP) is 4.73. The van der Waals surface area contributed by atoms with Crippen molar-refractivity contribution in [1.29, 1.82) is 0 Å². The normalized spacial score (nSPS) is 11.0. The molecule has 3 aromatic heterocycles. The number of aromatic amines is 1. The zero-order chi connectivity index (χ0) is 17.4. The first-order chi connectivity index (χ1) is 12.1. The standard InChI is InChI=1S/C17H10ClFN4OS/c18-11-8-9(3-4-12(11)19)21-17(24)10-5-6-20-16-14(10)22-15(23-16)13-2-1-7-25-13/h1-8H,(H,21,24)(H,20,22,23). The summed E-state index contributed by atoms with van der Waals surface area (Å²) in [6.07, 6.45) is 1.52. The number of pyridine rings is 1. The number of thiophene rings is 1. The number of nitrogens with one attached hydrogen (secondary N) is 2. The van der Waals surface area contributed by atoms with Crippen LogP contribution in [0.25, 0.3) is 21.9 Å². The predicted molar refractivity (Wildman–Crippen MR) is 96.6 cm³/mol. The van der Waals surface area contributed by atoms with Crippen LogP contribution >= 0.6 is 22.9 Å². The number of halogens is 2. The molecule has 0 saturated heterocycles. The van der Waals surface area contributed by atoms with Crippen LogP contribution in [0, 0.1) is 5.82 Å². The van der Waals surface area contributed by atoms with Crippen molar-refractivity contribution in [1.82, 2.24) is 15.0 Å². The molecule has 0 aliphatic carbocycles. The summed E-state index contributed by atoms with van der Waals surface area (Å²) in [7, 11) is 0. The minimum atomic E-state index is -0.542. The van der Waals surface area contributed by atoms with Crippen molar-refractivity contribution in [3.63, 3.8) is 0 Å². The lowest BCUT2D eigenvalue weighted by Crippen LogP contribution is -2.12. The van der Waals surface area contributed by atoms with Crippen molar-refractivity contribution < 1.29 is 9.18 Å². The maximum absolute atomic E-state index is 13.2. The Morgan fingerprint density at radius 1 is 1.28 bits per heavy atom. The summed E-state index contributed by atoms with van der Waals surface area (Å²) in [4.78, 5) is 25.3. The fraction of sp³-hybridized carbons (Fsp3) is 0. The highest BCUT2D eigenvalue weighted by Gasteiger charge is 2.16. The third kappa shape index (κ3) is 2.99. The van der Waals surface area contributed by atoms with E-state index >= 15 is 0 Å². The molecule has 1 aromatic carbocycles. The van der Waals surface area contributed by atoms with Gasteiger partial charge in [-0.3, -0.25) is 4.79 Å². The third-order valence-electron chi connectivity index (χ3n) is 3.57. The molecule has 0 unspecified atom stereocenters. The number of amides is 1. The summed E-state index contributed by atoms with van der Waals surface area (Å²) in [5, 5.41) is 4.59. The molecule has 3 heterocycles. The van der Waals surface area contributed by atoms with Gasteiger partial charge in [0, 0.05) is 11.9 Å². The van der Waals surface area contributed by atoms with E-state index in [0.29, 0.717) is 28.2 Å². The van der Waals surface area contributed by atoms with Gasteiger partial charge in [0.2, 0.25) is 0 Å². The average Bonchev–Trinajstić information content (AvgIpc) is 3.26. The first-order valence-electron chi connectivity index (χ1n) is 7.27. The number of carbonyl (C=O) groups excluding carboxylic acids is 1. The van der Waals surface area contributed by atoms with E-state index in [1.165, 1.54) is 35.7 Å². The second-order valence-corrected chi connectivity index (χ2v) is 6.56. The first-order valence-corrected chi connectivity index (χ1v) is 8.52. The number of H-pyrrole nitrogens is 1. The summed E-state index contributed by atoms with van der Waals surface area (Å²) < 4.78 is 13.2. The van der Waals surface area contributed by atoms with E-state index in [-0.39, 0.29) is 10.9 Å². The Bertz CT molecular complexity index is 1080. The summed E-state index contributed by atoms with van der Waals surface area (Å²) in [5.41, 5.74) is 1.78. The molecule has 0 atom stereocenters. The molecule has 0 spiro atoms. The Morgan fingerprint density at radius 2 is 2.16 bits per heavy atom. The molecule has 0 aliphatic rings. The van der Waals surface area contributed by atoms with Crippen molar-refractivity contribution >= 4 is 45.7 Å². The highest BCUT2D eigenvalue weighted by molar-refractivity contribution is 7.13. The molecule has 4 rings (SSSR count). The second kappa shape index (κ2) is 6.27. The number of fused-ring (bicyclic) bond motifs is 1. The number of hydrogen-bond donors (Lipinski definition) is 2. The van der Waals surface area contributed by atoms with Crippen LogP contribution in [0.1, 0.15) is 10.4 Å². The number of anilines is 1. The summed E-state index contributed by atoms with van der Waals surface area (Å²) in [6.45, 7) is 0. The van der Waals surface area contributed by atoms with E-state index in [2.05, 4.69) is 20.3 Å². The van der Waals surface area contributed by atoms with E-state index in [1.54, 1.807) is 6.07 Å². The first kappa shape index (κ1) is 15.7. The number of carbonyl (C=O) groups is 1. The molecule has 1 amide bonds. The highest BCUT2D eigenvalue weighted by Crippen LogP contribution is 2.26. The summed E-state index contributed by atoms with van der Waals surface area (Å²) in [6, 6.07) is 9.46. The van der Waals surface area contributed by atoms with Crippen molar-refractivity contribution in [2.24, 2.45) is 0 Å². The number of hydrogen-bond acceptors (Lipinski definition) is 4. The highest BCUT2D eigenvalue weighted by atomic mass is 35.5. The van der Waals surface area contributed by atoms with Gasteiger partial charge in [0.15, 0.2) is 11.5 Å². The molecule has 0 aliphatic heterocycles. The van der Waals surface area contributed by atoms with Gasteiger partial charge in [-0.25, -0.2) is 14.4 Å². The number of rotatable bonds is 3. The molecule has 25 heavy (non-hydrogen) atoms. The van der Waals surface area contributed by atoms with Crippen LogP contribution in [0.2, 0.25) is 5.02 Å². The maximum Gasteiger partial charge on any atom is 0.257 e. The van der Waals surface area contributed by atoms with Crippen LogP contribution in [0.15, 0.2) is 48.0 Å².